The van der Waals surface area contributed by atoms with Gasteiger partial charge in [0.15, 0.2) is 0 Å². The van der Waals surface area contributed by atoms with E-state index in [1.54, 1.807) is 12.0 Å². The number of ether oxygens (including phenoxy) is 1. The Kier molecular flexibility index (Phi) is 2.33. The van der Waals surface area contributed by atoms with Gasteiger partial charge in [0.2, 0.25) is 0 Å². The van der Waals surface area contributed by atoms with Crippen molar-refractivity contribution in [1.82, 2.24) is 9.88 Å². The number of carbonyl (C=O) groups is 1. The van der Waals surface area contributed by atoms with Gasteiger partial charge >= 0.3 is 0 Å². The molecule has 18 heavy (non-hydrogen) atoms. The van der Waals surface area contributed by atoms with Crippen molar-refractivity contribution in [2.45, 2.75) is 13.3 Å². The first-order chi connectivity index (χ1) is 8.61. The number of fused-ring (bicyclic) bond motifs is 3. The number of rotatable bonds is 1. The molecule has 0 fully saturated rings. The zero-order valence-corrected chi connectivity index (χ0v) is 10.8. The van der Waals surface area contributed by atoms with Crippen LogP contribution in [0.3, 0.4) is 0 Å². The predicted octanol–water partition coefficient (Wildman–Crippen LogP) is 2.11. The van der Waals surface area contributed by atoms with E-state index in [0.29, 0.717) is 5.69 Å². The Labute approximate surface area is 106 Å². The minimum absolute atomic E-state index is 0.0622. The molecule has 0 radical (unpaired) electrons. The summed E-state index contributed by atoms with van der Waals surface area (Å²) >= 11 is 0. The number of aromatic amines is 1. The Morgan fingerprint density at radius 1 is 1.39 bits per heavy atom. The minimum Gasteiger partial charge on any atom is -0.495 e. The van der Waals surface area contributed by atoms with Gasteiger partial charge < -0.3 is 14.6 Å². The smallest absolute Gasteiger partial charge is 0.270 e. The molecule has 4 heteroatoms. The van der Waals surface area contributed by atoms with E-state index in [0.717, 1.165) is 40.7 Å². The van der Waals surface area contributed by atoms with Crippen LogP contribution in [0.2, 0.25) is 0 Å². The molecule has 1 aliphatic rings. The van der Waals surface area contributed by atoms with Crippen molar-refractivity contribution >= 4 is 16.8 Å². The zero-order valence-electron chi connectivity index (χ0n) is 10.8. The molecule has 4 nitrogen and oxygen atoms in total. The van der Waals surface area contributed by atoms with E-state index in [4.69, 9.17) is 4.74 Å². The molecule has 3 rings (SSSR count). The van der Waals surface area contributed by atoms with Crippen LogP contribution < -0.4 is 4.74 Å². The summed E-state index contributed by atoms with van der Waals surface area (Å²) < 4.78 is 5.39. The van der Waals surface area contributed by atoms with Gasteiger partial charge in [-0.25, -0.2) is 0 Å². The summed E-state index contributed by atoms with van der Waals surface area (Å²) in [4.78, 5) is 17.1. The highest BCUT2D eigenvalue weighted by Gasteiger charge is 2.26. The summed E-state index contributed by atoms with van der Waals surface area (Å²) in [5.41, 5.74) is 3.90. The van der Waals surface area contributed by atoms with E-state index in [2.05, 4.69) is 11.1 Å². The third-order valence-corrected chi connectivity index (χ3v) is 3.60. The molecule has 2 aromatic rings. The first-order valence-electron chi connectivity index (χ1n) is 6.06. The summed E-state index contributed by atoms with van der Waals surface area (Å²) in [5.74, 6) is 0.863. The second-order valence-electron chi connectivity index (χ2n) is 4.85. The first kappa shape index (κ1) is 11.1. The molecule has 1 aromatic heterocycles. The third-order valence-electron chi connectivity index (χ3n) is 3.60. The summed E-state index contributed by atoms with van der Waals surface area (Å²) in [7, 11) is 3.49. The maximum Gasteiger partial charge on any atom is 0.270 e. The molecule has 1 aromatic carbocycles. The van der Waals surface area contributed by atoms with Crippen molar-refractivity contribution in [1.29, 1.82) is 0 Å². The molecule has 0 spiro atoms. The molecule has 0 atom stereocenters. The fourth-order valence-electron chi connectivity index (χ4n) is 2.63. The SMILES string of the molecule is COc1cc(C)cc2c3c([nH]c12)C(=O)N(C)CC3. The number of methoxy groups -OCH3 is 1. The van der Waals surface area contributed by atoms with Gasteiger partial charge in [-0.1, -0.05) is 0 Å². The number of nitrogens with one attached hydrogen (secondary N) is 1. The number of amides is 1. The first-order valence-corrected chi connectivity index (χ1v) is 6.06. The molecule has 0 saturated carbocycles. The number of carbonyl (C=O) groups excluding carboxylic acids is 1. The number of aromatic nitrogens is 1. The monoisotopic (exact) mass is 244 g/mol. The molecule has 2 heterocycles. The van der Waals surface area contributed by atoms with Crippen molar-refractivity contribution in [3.05, 3.63) is 29.0 Å². The van der Waals surface area contributed by atoms with E-state index < -0.39 is 0 Å². The van der Waals surface area contributed by atoms with Gasteiger partial charge in [0.05, 0.1) is 12.6 Å². The van der Waals surface area contributed by atoms with Gasteiger partial charge in [-0.05, 0) is 36.6 Å². The van der Waals surface area contributed by atoms with Crippen molar-refractivity contribution in [3.63, 3.8) is 0 Å². The van der Waals surface area contributed by atoms with Crippen molar-refractivity contribution in [2.24, 2.45) is 0 Å². The van der Waals surface area contributed by atoms with E-state index in [-0.39, 0.29) is 5.91 Å². The van der Waals surface area contributed by atoms with Crippen LogP contribution in [0.25, 0.3) is 10.9 Å². The standard InChI is InChI=1S/C14H16N2O2/c1-8-6-10-9-4-5-16(2)14(17)13(9)15-12(10)11(7-8)18-3/h6-7,15H,4-5H2,1-3H3. The van der Waals surface area contributed by atoms with Crippen LogP contribution in [0, 0.1) is 6.92 Å². The van der Waals surface area contributed by atoms with Gasteiger partial charge in [-0.15, -0.1) is 0 Å². The van der Waals surface area contributed by atoms with Crippen LogP contribution >= 0.6 is 0 Å². The Hall–Kier alpha value is -1.97. The average molecular weight is 244 g/mol. The van der Waals surface area contributed by atoms with Crippen LogP contribution in [-0.4, -0.2) is 36.5 Å². The lowest BCUT2D eigenvalue weighted by atomic mass is 10.0. The molecular weight excluding hydrogens is 228 g/mol. The summed E-state index contributed by atoms with van der Waals surface area (Å²) in [6, 6.07) is 4.10. The topological polar surface area (TPSA) is 45.3 Å². The second kappa shape index (κ2) is 3.77. The van der Waals surface area contributed by atoms with Crippen LogP contribution in [0.1, 0.15) is 21.6 Å². The van der Waals surface area contributed by atoms with Crippen LogP contribution in [0.15, 0.2) is 12.1 Å². The number of H-pyrrole nitrogens is 1. The molecule has 1 aliphatic heterocycles. The highest BCUT2D eigenvalue weighted by Crippen LogP contribution is 2.33. The quantitative estimate of drug-likeness (QED) is 0.835. The predicted molar refractivity (Wildman–Crippen MR) is 70.3 cm³/mol. The molecule has 0 unspecified atom stereocenters. The molecule has 0 aliphatic carbocycles. The average Bonchev–Trinajstić information content (AvgIpc) is 2.72. The van der Waals surface area contributed by atoms with E-state index in [1.165, 1.54) is 0 Å². The molecule has 1 N–H and O–H groups in total. The number of nitrogens with zero attached hydrogens (tertiary/aromatic N) is 1. The van der Waals surface area contributed by atoms with Crippen LogP contribution in [0.4, 0.5) is 0 Å². The van der Waals surface area contributed by atoms with Crippen LogP contribution in [0.5, 0.6) is 5.75 Å². The zero-order chi connectivity index (χ0) is 12.9. The van der Waals surface area contributed by atoms with E-state index >= 15 is 0 Å². The lowest BCUT2D eigenvalue weighted by molar-refractivity contribution is 0.0776. The van der Waals surface area contributed by atoms with E-state index in [1.807, 2.05) is 20.0 Å². The molecule has 0 bridgehead atoms. The summed E-state index contributed by atoms with van der Waals surface area (Å²) in [5, 5.41) is 1.11. The third kappa shape index (κ3) is 1.41. The number of aryl methyl sites for hydroxylation is 1. The molecule has 1 amide bonds. The largest absolute Gasteiger partial charge is 0.495 e. The fraction of sp³-hybridized carbons (Fsp3) is 0.357. The number of hydrogen-bond donors (Lipinski definition) is 1. The number of benzene rings is 1. The summed E-state index contributed by atoms with van der Waals surface area (Å²) in [6.45, 7) is 2.81. The van der Waals surface area contributed by atoms with Gasteiger partial charge in [-0.2, -0.15) is 0 Å². The van der Waals surface area contributed by atoms with Gasteiger partial charge in [0, 0.05) is 19.0 Å². The highest BCUT2D eigenvalue weighted by atomic mass is 16.5. The molecule has 94 valence electrons. The Balaban J connectivity index is 2.33. The van der Waals surface area contributed by atoms with Gasteiger partial charge in [0.25, 0.3) is 5.91 Å². The van der Waals surface area contributed by atoms with Gasteiger partial charge in [-0.3, -0.25) is 4.79 Å². The lowest BCUT2D eigenvalue weighted by Gasteiger charge is -2.22. The Morgan fingerprint density at radius 3 is 2.89 bits per heavy atom. The number of hydrogen-bond acceptors (Lipinski definition) is 2. The summed E-state index contributed by atoms with van der Waals surface area (Å²) in [6.07, 6.45) is 0.893. The van der Waals surface area contributed by atoms with Gasteiger partial charge in [0.1, 0.15) is 11.4 Å². The van der Waals surface area contributed by atoms with Crippen LogP contribution in [-0.2, 0) is 6.42 Å². The number of likely N-dealkylation sites (N-methyl/N-ethyl adjacent to an activating group) is 1. The van der Waals surface area contributed by atoms with Crippen molar-refractivity contribution in [2.75, 3.05) is 20.7 Å². The normalized spacial score (nSPS) is 15.1. The molecule has 0 saturated heterocycles. The van der Waals surface area contributed by atoms with E-state index in [9.17, 15) is 4.79 Å². The fourth-order valence-corrected chi connectivity index (χ4v) is 2.63. The van der Waals surface area contributed by atoms with Crippen molar-refractivity contribution < 1.29 is 9.53 Å². The Bertz CT molecular complexity index is 643. The lowest BCUT2D eigenvalue weighted by Crippen LogP contribution is -2.33. The maximum absolute atomic E-state index is 12.1. The van der Waals surface area contributed by atoms with Crippen molar-refractivity contribution in [3.8, 4) is 5.75 Å². The highest BCUT2D eigenvalue weighted by molar-refractivity contribution is 6.03. The minimum atomic E-state index is 0.0622. The molecular formula is C14H16N2O2. The Morgan fingerprint density at radius 2 is 2.17 bits per heavy atom. The second-order valence-corrected chi connectivity index (χ2v) is 4.85. The maximum atomic E-state index is 12.1.